The van der Waals surface area contributed by atoms with Gasteiger partial charge in [0.05, 0.1) is 7.11 Å². The number of piperidine rings is 1. The van der Waals surface area contributed by atoms with E-state index in [0.717, 1.165) is 55.2 Å². The lowest BCUT2D eigenvalue weighted by Crippen LogP contribution is -2.45. The molecule has 2 aromatic rings. The number of esters is 1. The fraction of sp³-hybridized carbons (Fsp3) is 0.526. The molecule has 1 aliphatic heterocycles. The molecule has 1 fully saturated rings. The van der Waals surface area contributed by atoms with Crippen molar-refractivity contribution in [2.75, 3.05) is 25.1 Å². The zero-order chi connectivity index (χ0) is 20.4. The lowest BCUT2D eigenvalue weighted by molar-refractivity contribution is 0.0602. The smallest absolute Gasteiger partial charge is 0.349 e. The van der Waals surface area contributed by atoms with E-state index in [1.165, 1.54) is 25.2 Å². The van der Waals surface area contributed by atoms with Crippen molar-refractivity contribution in [3.8, 4) is 0 Å². The van der Waals surface area contributed by atoms with Crippen molar-refractivity contribution in [1.82, 2.24) is 14.7 Å². The molecule has 2 aliphatic rings. The molecule has 1 N–H and O–H groups in total. The highest BCUT2D eigenvalue weighted by molar-refractivity contribution is 7.89. The second-order valence-corrected chi connectivity index (χ2v) is 9.92. The van der Waals surface area contributed by atoms with Crippen molar-refractivity contribution >= 4 is 33.1 Å². The minimum atomic E-state index is -3.78. The van der Waals surface area contributed by atoms with Crippen LogP contribution >= 0.6 is 11.3 Å². The molecular formula is C19H24N4O4S2. The number of rotatable bonds is 5. The number of fused-ring (bicyclic) bond motifs is 1. The second kappa shape index (κ2) is 8.37. The van der Waals surface area contributed by atoms with Crippen LogP contribution in [0.3, 0.4) is 0 Å². The first-order valence-electron chi connectivity index (χ1n) is 9.75. The molecule has 0 bridgehead atoms. The SMILES string of the molecule is COC(=O)c1sccc1S(=O)(=O)NC1CCN(c2ncnc3c2CCCC3)CC1. The number of aryl methyl sites for hydroxylation is 1. The Kier molecular flexibility index (Phi) is 5.84. The summed E-state index contributed by atoms with van der Waals surface area (Å²) in [6.45, 7) is 1.45. The van der Waals surface area contributed by atoms with Crippen LogP contribution in [0.1, 0.15) is 46.6 Å². The Morgan fingerprint density at radius 2 is 2.00 bits per heavy atom. The van der Waals surface area contributed by atoms with E-state index < -0.39 is 16.0 Å². The summed E-state index contributed by atoms with van der Waals surface area (Å²) in [5, 5.41) is 1.58. The molecule has 0 spiro atoms. The minimum Gasteiger partial charge on any atom is -0.465 e. The molecule has 10 heteroatoms. The van der Waals surface area contributed by atoms with Crippen molar-refractivity contribution in [3.63, 3.8) is 0 Å². The summed E-state index contributed by atoms with van der Waals surface area (Å²) in [6, 6.07) is 1.26. The lowest BCUT2D eigenvalue weighted by atomic mass is 9.95. The first-order chi connectivity index (χ1) is 14.0. The molecule has 0 amide bonds. The van der Waals surface area contributed by atoms with E-state index in [2.05, 4.69) is 24.3 Å². The number of hydrogen-bond donors (Lipinski definition) is 1. The van der Waals surface area contributed by atoms with Crippen LogP contribution in [0.2, 0.25) is 0 Å². The third-order valence-corrected chi connectivity index (χ3v) is 8.09. The summed E-state index contributed by atoms with van der Waals surface area (Å²) in [6.07, 6.45) is 7.33. The number of nitrogens with zero attached hydrogens (tertiary/aromatic N) is 3. The highest BCUT2D eigenvalue weighted by Crippen LogP contribution is 2.29. The van der Waals surface area contributed by atoms with Gasteiger partial charge in [0.15, 0.2) is 0 Å². The lowest BCUT2D eigenvalue weighted by Gasteiger charge is -2.34. The molecule has 3 heterocycles. The predicted octanol–water partition coefficient (Wildman–Crippen LogP) is 2.15. The first kappa shape index (κ1) is 20.2. The van der Waals surface area contributed by atoms with Crippen LogP contribution in [0.25, 0.3) is 0 Å². The van der Waals surface area contributed by atoms with Crippen molar-refractivity contribution < 1.29 is 17.9 Å². The number of methoxy groups -OCH3 is 1. The van der Waals surface area contributed by atoms with Gasteiger partial charge in [0, 0.05) is 30.4 Å². The largest absolute Gasteiger partial charge is 0.465 e. The fourth-order valence-electron chi connectivity index (χ4n) is 4.02. The molecule has 0 radical (unpaired) electrons. The summed E-state index contributed by atoms with van der Waals surface area (Å²) >= 11 is 1.07. The van der Waals surface area contributed by atoms with Crippen LogP contribution in [0.5, 0.6) is 0 Å². The Morgan fingerprint density at radius 3 is 2.76 bits per heavy atom. The van der Waals surface area contributed by atoms with Crippen molar-refractivity contribution in [1.29, 1.82) is 0 Å². The number of nitrogens with one attached hydrogen (secondary N) is 1. The summed E-state index contributed by atoms with van der Waals surface area (Å²) < 4.78 is 33.1. The van der Waals surface area contributed by atoms with E-state index in [9.17, 15) is 13.2 Å². The average molecular weight is 437 g/mol. The van der Waals surface area contributed by atoms with Crippen LogP contribution < -0.4 is 9.62 Å². The molecule has 4 rings (SSSR count). The highest BCUT2D eigenvalue weighted by Gasteiger charge is 2.30. The van der Waals surface area contributed by atoms with Gasteiger partial charge in [-0.15, -0.1) is 11.3 Å². The molecule has 2 aromatic heterocycles. The Labute approximate surface area is 174 Å². The first-order valence-corrected chi connectivity index (χ1v) is 12.1. The zero-order valence-electron chi connectivity index (χ0n) is 16.3. The molecule has 0 unspecified atom stereocenters. The second-order valence-electron chi connectivity index (χ2n) is 7.32. The number of hydrogen-bond acceptors (Lipinski definition) is 8. The van der Waals surface area contributed by atoms with Gasteiger partial charge in [0.1, 0.15) is 21.9 Å². The summed E-state index contributed by atoms with van der Waals surface area (Å²) in [5.41, 5.74) is 2.40. The molecule has 0 saturated carbocycles. The van der Waals surface area contributed by atoms with Crippen LogP contribution in [-0.4, -0.2) is 50.6 Å². The van der Waals surface area contributed by atoms with Gasteiger partial charge in [-0.2, -0.15) is 0 Å². The van der Waals surface area contributed by atoms with E-state index in [1.807, 2.05) is 0 Å². The topological polar surface area (TPSA) is 101 Å². The van der Waals surface area contributed by atoms with Crippen LogP contribution in [-0.2, 0) is 27.6 Å². The normalized spacial score (nSPS) is 17.8. The Morgan fingerprint density at radius 1 is 1.24 bits per heavy atom. The summed E-state index contributed by atoms with van der Waals surface area (Å²) in [5.74, 6) is 0.366. The van der Waals surface area contributed by atoms with Crippen LogP contribution in [0, 0.1) is 0 Å². The number of carbonyl (C=O) groups excluding carboxylic acids is 1. The van der Waals surface area contributed by atoms with Crippen molar-refractivity contribution in [2.45, 2.75) is 49.5 Å². The third-order valence-electron chi connectivity index (χ3n) is 5.51. The minimum absolute atomic E-state index is 0.0124. The van der Waals surface area contributed by atoms with Gasteiger partial charge in [0.2, 0.25) is 10.0 Å². The molecular weight excluding hydrogens is 412 g/mol. The van der Waals surface area contributed by atoms with E-state index >= 15 is 0 Å². The molecule has 0 aromatic carbocycles. The Bertz CT molecular complexity index is 997. The summed E-state index contributed by atoms with van der Waals surface area (Å²) in [4.78, 5) is 23.1. The maximum atomic E-state index is 12.8. The predicted molar refractivity (Wildman–Crippen MR) is 110 cm³/mol. The van der Waals surface area contributed by atoms with Gasteiger partial charge in [-0.25, -0.2) is 27.9 Å². The maximum Gasteiger partial charge on any atom is 0.349 e. The zero-order valence-corrected chi connectivity index (χ0v) is 17.9. The number of thiophene rings is 1. The fourth-order valence-corrected chi connectivity index (χ4v) is 6.66. The standard InChI is InChI=1S/C19H24N4O4S2/c1-27-19(24)17-16(8-11-28-17)29(25,26)22-13-6-9-23(10-7-13)18-14-4-2-3-5-15(14)20-12-21-18/h8,11-13,22H,2-7,9-10H2,1H3. The van der Waals surface area contributed by atoms with Crippen LogP contribution in [0.4, 0.5) is 5.82 Å². The average Bonchev–Trinajstić information content (AvgIpc) is 3.24. The van der Waals surface area contributed by atoms with Gasteiger partial charge < -0.3 is 9.64 Å². The number of aromatic nitrogens is 2. The molecule has 29 heavy (non-hydrogen) atoms. The summed E-state index contributed by atoms with van der Waals surface area (Å²) in [7, 11) is -2.54. The molecule has 8 nitrogen and oxygen atoms in total. The quantitative estimate of drug-likeness (QED) is 0.717. The molecule has 1 aliphatic carbocycles. The van der Waals surface area contributed by atoms with E-state index in [1.54, 1.807) is 11.7 Å². The van der Waals surface area contributed by atoms with Gasteiger partial charge in [-0.1, -0.05) is 0 Å². The number of anilines is 1. The number of carbonyl (C=O) groups is 1. The van der Waals surface area contributed by atoms with Gasteiger partial charge in [-0.05, 0) is 50.0 Å². The Hall–Kier alpha value is -2.04. The van der Waals surface area contributed by atoms with Crippen molar-refractivity contribution in [3.05, 3.63) is 33.9 Å². The van der Waals surface area contributed by atoms with E-state index in [-0.39, 0.29) is 15.8 Å². The molecule has 156 valence electrons. The highest BCUT2D eigenvalue weighted by atomic mass is 32.2. The van der Waals surface area contributed by atoms with E-state index in [0.29, 0.717) is 12.8 Å². The third kappa shape index (κ3) is 4.15. The Balaban J connectivity index is 1.43. The number of sulfonamides is 1. The monoisotopic (exact) mass is 436 g/mol. The van der Waals surface area contributed by atoms with Gasteiger partial charge in [-0.3, -0.25) is 0 Å². The van der Waals surface area contributed by atoms with E-state index in [4.69, 9.17) is 0 Å². The molecule has 1 saturated heterocycles. The van der Waals surface area contributed by atoms with Crippen molar-refractivity contribution in [2.24, 2.45) is 0 Å². The number of ether oxygens (including phenoxy) is 1. The maximum absolute atomic E-state index is 12.8. The van der Waals surface area contributed by atoms with Gasteiger partial charge in [0.25, 0.3) is 0 Å². The van der Waals surface area contributed by atoms with Gasteiger partial charge >= 0.3 is 5.97 Å². The molecule has 0 atom stereocenters. The van der Waals surface area contributed by atoms with Crippen LogP contribution in [0.15, 0.2) is 22.7 Å².